The average Bonchev–Trinajstić information content (AvgIpc) is 2.73. The Morgan fingerprint density at radius 1 is 1.12 bits per heavy atom. The molecule has 0 bridgehead atoms. The van der Waals surface area contributed by atoms with E-state index in [0.29, 0.717) is 0 Å². The maximum Gasteiger partial charge on any atom is 0.326 e. The summed E-state index contributed by atoms with van der Waals surface area (Å²) >= 11 is 0. The Kier molecular flexibility index (Phi) is 8.33. The molecule has 0 unspecified atom stereocenters. The van der Waals surface area contributed by atoms with Crippen molar-refractivity contribution in [2.45, 2.75) is 31.7 Å². The van der Waals surface area contributed by atoms with Gasteiger partial charge in [-0.25, -0.2) is 13.6 Å². The summed E-state index contributed by atoms with van der Waals surface area (Å²) < 4.78 is 32.5. The Hall–Kier alpha value is -3.89. The molecule has 1 amide bonds. The van der Waals surface area contributed by atoms with Crippen LogP contribution in [-0.2, 0) is 25.5 Å². The minimum Gasteiger partial charge on any atom is -0.480 e. The molecule has 0 aromatic heterocycles. The summed E-state index contributed by atoms with van der Waals surface area (Å²) in [6, 6.07) is 6.15. The number of carbonyl (C=O) groups is 3. The van der Waals surface area contributed by atoms with Crippen LogP contribution in [-0.4, -0.2) is 40.5 Å². The number of amides is 1. The molecule has 2 aromatic carbocycles. The number of non-ortho nitro benzene ring substituents is 1. The number of nitro benzene ring substituents is 1. The molecular weight excluding hydrogens is 430 g/mol. The van der Waals surface area contributed by atoms with Gasteiger partial charge in [-0.2, -0.15) is 0 Å². The molecule has 32 heavy (non-hydrogen) atoms. The van der Waals surface area contributed by atoms with Crippen molar-refractivity contribution in [1.29, 1.82) is 0 Å². The number of aliphatic carboxylic acids is 1. The van der Waals surface area contributed by atoms with Gasteiger partial charge in [-0.05, 0) is 24.6 Å². The van der Waals surface area contributed by atoms with E-state index >= 15 is 0 Å². The highest BCUT2D eigenvalue weighted by Gasteiger charge is 2.34. The molecule has 0 aliphatic rings. The quantitative estimate of drug-likeness (QED) is 0.323. The lowest BCUT2D eigenvalue weighted by Crippen LogP contribution is -2.46. The van der Waals surface area contributed by atoms with E-state index in [1.165, 1.54) is 12.1 Å². The van der Waals surface area contributed by atoms with E-state index in [-0.39, 0.29) is 17.9 Å². The fourth-order valence-corrected chi connectivity index (χ4v) is 3.09. The van der Waals surface area contributed by atoms with E-state index in [4.69, 9.17) is 4.74 Å². The normalized spacial score (nSPS) is 12.5. The van der Waals surface area contributed by atoms with Crippen molar-refractivity contribution in [3.63, 3.8) is 0 Å². The highest BCUT2D eigenvalue weighted by Crippen LogP contribution is 2.27. The highest BCUT2D eigenvalue weighted by molar-refractivity contribution is 5.86. The number of carbonyl (C=O) groups excluding carboxylic acids is 2. The zero-order valence-corrected chi connectivity index (χ0v) is 16.9. The van der Waals surface area contributed by atoms with Crippen LogP contribution in [0.3, 0.4) is 0 Å². The second-order valence-corrected chi connectivity index (χ2v) is 6.72. The number of ether oxygens (including phenoxy) is 1. The summed E-state index contributed by atoms with van der Waals surface area (Å²) in [5, 5.41) is 22.8. The lowest BCUT2D eigenvalue weighted by Gasteiger charge is -2.25. The van der Waals surface area contributed by atoms with Crippen LogP contribution in [0.2, 0.25) is 0 Å². The van der Waals surface area contributed by atoms with Gasteiger partial charge >= 0.3 is 11.9 Å². The molecular formula is C21H20F2N2O7. The average molecular weight is 450 g/mol. The van der Waals surface area contributed by atoms with E-state index in [1.54, 1.807) is 6.92 Å². The molecule has 0 heterocycles. The van der Waals surface area contributed by atoms with Gasteiger partial charge in [-0.3, -0.25) is 19.7 Å². The number of esters is 1. The van der Waals surface area contributed by atoms with Gasteiger partial charge in [0.2, 0.25) is 5.91 Å². The third kappa shape index (κ3) is 6.30. The molecule has 2 aromatic rings. The van der Waals surface area contributed by atoms with E-state index in [9.17, 15) is 38.4 Å². The third-order valence-electron chi connectivity index (χ3n) is 4.61. The summed E-state index contributed by atoms with van der Waals surface area (Å²) in [6.45, 7) is 1.58. The van der Waals surface area contributed by atoms with Crippen LogP contribution in [0.4, 0.5) is 14.5 Å². The minimum atomic E-state index is -1.68. The van der Waals surface area contributed by atoms with Gasteiger partial charge in [-0.15, -0.1) is 0 Å². The number of hydrogen-bond donors (Lipinski definition) is 2. The van der Waals surface area contributed by atoms with Crippen molar-refractivity contribution in [3.8, 4) is 0 Å². The Morgan fingerprint density at radius 3 is 2.22 bits per heavy atom. The van der Waals surface area contributed by atoms with E-state index in [2.05, 4.69) is 5.32 Å². The maximum absolute atomic E-state index is 13.8. The summed E-state index contributed by atoms with van der Waals surface area (Å²) in [6.07, 6.45) is -1.23. The van der Waals surface area contributed by atoms with Crippen LogP contribution in [0.1, 0.15) is 30.4 Å². The Bertz CT molecular complexity index is 991. The Labute approximate surface area is 181 Å². The second kappa shape index (κ2) is 10.9. The zero-order valence-electron chi connectivity index (χ0n) is 16.9. The van der Waals surface area contributed by atoms with Gasteiger partial charge in [0, 0.05) is 23.6 Å². The smallest absolute Gasteiger partial charge is 0.326 e. The number of halogens is 2. The molecule has 170 valence electrons. The topological polar surface area (TPSA) is 136 Å². The van der Waals surface area contributed by atoms with Gasteiger partial charge in [0.15, 0.2) is 0 Å². The molecule has 0 spiro atoms. The van der Waals surface area contributed by atoms with E-state index in [0.717, 1.165) is 30.3 Å². The third-order valence-corrected chi connectivity index (χ3v) is 4.61. The maximum atomic E-state index is 13.8. The molecule has 2 atom stereocenters. The first-order valence-corrected chi connectivity index (χ1v) is 9.49. The monoisotopic (exact) mass is 450 g/mol. The van der Waals surface area contributed by atoms with Crippen LogP contribution in [0, 0.1) is 21.7 Å². The van der Waals surface area contributed by atoms with Crippen LogP contribution in [0.5, 0.6) is 0 Å². The molecule has 2 N–H and O–H groups in total. The molecule has 0 saturated carbocycles. The van der Waals surface area contributed by atoms with Crippen molar-refractivity contribution in [1.82, 2.24) is 5.32 Å². The number of rotatable bonds is 10. The number of carboxylic acids is 1. The van der Waals surface area contributed by atoms with Crippen LogP contribution in [0.15, 0.2) is 42.5 Å². The molecule has 0 radical (unpaired) electrons. The lowest BCUT2D eigenvalue weighted by atomic mass is 9.88. The van der Waals surface area contributed by atoms with Crippen molar-refractivity contribution in [2.75, 3.05) is 6.61 Å². The summed E-state index contributed by atoms with van der Waals surface area (Å²) in [5.41, 5.74) is -0.575. The fraction of sp³-hybridized carbons (Fsp3) is 0.286. The number of nitrogens with zero attached hydrogens (tertiary/aromatic N) is 1. The van der Waals surface area contributed by atoms with E-state index < -0.39 is 64.8 Å². The molecule has 11 heteroatoms. The molecule has 2 rings (SSSR count). The summed E-state index contributed by atoms with van der Waals surface area (Å²) in [4.78, 5) is 46.6. The van der Waals surface area contributed by atoms with Gasteiger partial charge in [0.1, 0.15) is 17.7 Å². The molecule has 0 aliphatic carbocycles. The predicted molar refractivity (Wildman–Crippen MR) is 107 cm³/mol. The number of carboxylic acid groups (broad SMARTS) is 1. The highest BCUT2D eigenvalue weighted by atomic mass is 19.1. The zero-order chi connectivity index (χ0) is 23.8. The first kappa shape index (κ1) is 24.4. The Balaban J connectivity index is 2.33. The Morgan fingerprint density at radius 2 is 1.72 bits per heavy atom. The van der Waals surface area contributed by atoms with Crippen molar-refractivity contribution in [3.05, 3.63) is 75.3 Å². The van der Waals surface area contributed by atoms with Crippen molar-refractivity contribution < 1.29 is 37.9 Å². The van der Waals surface area contributed by atoms with Gasteiger partial charge in [0.25, 0.3) is 5.69 Å². The fourth-order valence-electron chi connectivity index (χ4n) is 3.09. The van der Waals surface area contributed by atoms with Gasteiger partial charge in [-0.1, -0.05) is 18.2 Å². The SMILES string of the molecule is CCOC(=O)C[C@@H](c1ccc([N+](=O)[O-])cc1)[C@H](NC(=O)Cc1c(F)cccc1F)C(=O)O. The van der Waals surface area contributed by atoms with Gasteiger partial charge < -0.3 is 15.2 Å². The summed E-state index contributed by atoms with van der Waals surface area (Å²) in [5.74, 6) is -6.36. The van der Waals surface area contributed by atoms with Crippen LogP contribution >= 0.6 is 0 Å². The first-order valence-electron chi connectivity index (χ1n) is 9.49. The number of nitrogens with one attached hydrogen (secondary N) is 1. The van der Waals surface area contributed by atoms with Crippen molar-refractivity contribution in [2.24, 2.45) is 0 Å². The predicted octanol–water partition coefficient (Wildman–Crippen LogP) is 2.72. The molecule has 0 fully saturated rings. The summed E-state index contributed by atoms with van der Waals surface area (Å²) in [7, 11) is 0. The number of nitro groups is 1. The molecule has 0 saturated heterocycles. The first-order chi connectivity index (χ1) is 15.1. The molecule has 0 aliphatic heterocycles. The standard InChI is InChI=1S/C21H20F2N2O7/c1-2-32-19(27)11-14(12-6-8-13(9-7-12)25(30)31)20(21(28)29)24-18(26)10-15-16(22)4-3-5-17(15)23/h3-9,14,20H,2,10-11H2,1H3,(H,24,26)(H,28,29)/t14-,20-/m0/s1. The largest absolute Gasteiger partial charge is 0.480 e. The molecule has 9 nitrogen and oxygen atoms in total. The van der Waals surface area contributed by atoms with Crippen LogP contribution < -0.4 is 5.32 Å². The number of benzene rings is 2. The van der Waals surface area contributed by atoms with Crippen molar-refractivity contribution >= 4 is 23.5 Å². The minimum absolute atomic E-state index is 0.0302. The van der Waals surface area contributed by atoms with Crippen LogP contribution in [0.25, 0.3) is 0 Å². The second-order valence-electron chi connectivity index (χ2n) is 6.72. The lowest BCUT2D eigenvalue weighted by molar-refractivity contribution is -0.384. The number of hydrogen-bond acceptors (Lipinski definition) is 6. The van der Waals surface area contributed by atoms with E-state index in [1.807, 2.05) is 0 Å². The van der Waals surface area contributed by atoms with Gasteiger partial charge in [0.05, 0.1) is 24.4 Å².